The molecular formula is C9H21N5. The molecule has 1 aliphatic rings. The summed E-state index contributed by atoms with van der Waals surface area (Å²) in [5.74, 6) is 5.74. The summed E-state index contributed by atoms with van der Waals surface area (Å²) in [5, 5.41) is 15.3. The Morgan fingerprint density at radius 2 is 1.79 bits per heavy atom. The maximum Gasteiger partial charge on any atom is 0.205 e. The van der Waals surface area contributed by atoms with Crippen LogP contribution in [0.25, 0.3) is 0 Å². The van der Waals surface area contributed by atoms with E-state index in [1.165, 1.54) is 17.9 Å². The second-order valence-electron chi connectivity index (χ2n) is 3.94. The zero-order valence-corrected chi connectivity index (χ0v) is 9.01. The van der Waals surface area contributed by atoms with E-state index in [0.717, 1.165) is 12.8 Å². The van der Waals surface area contributed by atoms with Gasteiger partial charge in [-0.05, 0) is 32.7 Å². The molecular weight excluding hydrogens is 178 g/mol. The van der Waals surface area contributed by atoms with Gasteiger partial charge in [-0.15, -0.1) is 0 Å². The molecule has 0 aromatic heterocycles. The number of hydrazine groups is 1. The van der Waals surface area contributed by atoms with E-state index in [9.17, 15) is 0 Å². The summed E-state index contributed by atoms with van der Waals surface area (Å²) < 4.78 is 0. The molecule has 1 aliphatic carbocycles. The van der Waals surface area contributed by atoms with E-state index in [2.05, 4.69) is 10.6 Å². The van der Waals surface area contributed by atoms with Gasteiger partial charge in [0.15, 0.2) is 0 Å². The second-order valence-corrected chi connectivity index (χ2v) is 3.94. The average Bonchev–Trinajstić information content (AvgIpc) is 2.19. The molecule has 0 radical (unpaired) electrons. The molecule has 0 unspecified atom stereocenters. The number of hydrogen-bond acceptors (Lipinski definition) is 3. The summed E-state index contributed by atoms with van der Waals surface area (Å²) in [4.78, 5) is 0. The molecule has 5 heteroatoms. The second kappa shape index (κ2) is 5.17. The fourth-order valence-corrected chi connectivity index (χ4v) is 1.82. The third kappa shape index (κ3) is 3.16. The first-order valence-corrected chi connectivity index (χ1v) is 5.14. The molecule has 0 bridgehead atoms. The quantitative estimate of drug-likeness (QED) is 0.216. The first-order chi connectivity index (χ1) is 6.63. The molecule has 0 atom stereocenters. The molecule has 5 nitrogen and oxygen atoms in total. The van der Waals surface area contributed by atoms with Gasteiger partial charge in [0.2, 0.25) is 5.96 Å². The number of nitrogens with two attached hydrogens (primary N) is 1. The van der Waals surface area contributed by atoms with Crippen molar-refractivity contribution in [2.75, 3.05) is 14.1 Å². The summed E-state index contributed by atoms with van der Waals surface area (Å²) in [6.07, 6.45) is 4.58. The van der Waals surface area contributed by atoms with Crippen LogP contribution in [0.15, 0.2) is 0 Å². The van der Waals surface area contributed by atoms with Gasteiger partial charge >= 0.3 is 0 Å². The smallest absolute Gasteiger partial charge is 0.205 e. The lowest BCUT2D eigenvalue weighted by molar-refractivity contribution is 0.332. The monoisotopic (exact) mass is 199 g/mol. The van der Waals surface area contributed by atoms with E-state index in [0.29, 0.717) is 18.0 Å². The third-order valence-electron chi connectivity index (χ3n) is 2.83. The zero-order chi connectivity index (χ0) is 10.6. The van der Waals surface area contributed by atoms with Crippen molar-refractivity contribution in [1.82, 2.24) is 15.6 Å². The number of nitrogens with zero attached hydrogens (tertiary/aromatic N) is 1. The topological polar surface area (TPSA) is 77.2 Å². The van der Waals surface area contributed by atoms with E-state index in [-0.39, 0.29) is 0 Å². The minimum atomic E-state index is 0.304. The number of rotatable bonds is 2. The lowest BCUT2D eigenvalue weighted by Crippen LogP contribution is -2.48. The molecule has 14 heavy (non-hydrogen) atoms. The van der Waals surface area contributed by atoms with Crippen molar-refractivity contribution in [2.45, 2.75) is 37.8 Å². The maximum atomic E-state index is 7.55. The van der Waals surface area contributed by atoms with E-state index < -0.39 is 0 Å². The molecule has 1 rings (SSSR count). The van der Waals surface area contributed by atoms with Gasteiger partial charge in [-0.25, -0.2) is 5.84 Å². The van der Waals surface area contributed by atoms with Gasteiger partial charge in [0.1, 0.15) is 0 Å². The summed E-state index contributed by atoms with van der Waals surface area (Å²) in [6.45, 7) is 0. The fraction of sp³-hybridized carbons (Fsp3) is 0.889. The van der Waals surface area contributed by atoms with Crippen molar-refractivity contribution < 1.29 is 0 Å². The van der Waals surface area contributed by atoms with Crippen LogP contribution in [0.1, 0.15) is 25.7 Å². The molecule has 0 aliphatic heterocycles. The largest absolute Gasteiger partial charge is 0.353 e. The van der Waals surface area contributed by atoms with Crippen LogP contribution in [-0.2, 0) is 0 Å². The van der Waals surface area contributed by atoms with Crippen LogP contribution in [0.5, 0.6) is 0 Å². The highest BCUT2D eigenvalue weighted by atomic mass is 15.5. The van der Waals surface area contributed by atoms with E-state index in [1.807, 2.05) is 7.05 Å². The Hall–Kier alpha value is -0.810. The predicted octanol–water partition coefficient (Wildman–Crippen LogP) is -0.153. The van der Waals surface area contributed by atoms with Crippen molar-refractivity contribution in [1.29, 1.82) is 5.41 Å². The Labute approximate surface area is 85.5 Å². The van der Waals surface area contributed by atoms with Crippen LogP contribution in [-0.4, -0.2) is 37.1 Å². The summed E-state index contributed by atoms with van der Waals surface area (Å²) in [7, 11) is 3.68. The third-order valence-corrected chi connectivity index (χ3v) is 2.83. The van der Waals surface area contributed by atoms with Crippen LogP contribution in [0.2, 0.25) is 0 Å². The Kier molecular flexibility index (Phi) is 4.16. The maximum absolute atomic E-state index is 7.55. The van der Waals surface area contributed by atoms with E-state index >= 15 is 0 Å². The van der Waals surface area contributed by atoms with Crippen LogP contribution in [0.4, 0.5) is 0 Å². The van der Waals surface area contributed by atoms with Crippen molar-refractivity contribution in [3.05, 3.63) is 0 Å². The molecule has 1 saturated carbocycles. The first kappa shape index (κ1) is 11.3. The lowest BCUT2D eigenvalue weighted by atomic mass is 9.91. The van der Waals surface area contributed by atoms with Crippen LogP contribution in [0.3, 0.4) is 0 Å². The Morgan fingerprint density at radius 1 is 1.29 bits per heavy atom. The standard InChI is InChI=1S/C9H21N5/c1-12-7-3-5-8(6-4-7)13-9(10)14(2)11/h7-8,12H,3-6,11H2,1-2H3,(H2,10,13)/t7-,8-. The molecule has 0 amide bonds. The molecule has 0 spiro atoms. The van der Waals surface area contributed by atoms with Crippen molar-refractivity contribution >= 4 is 5.96 Å². The van der Waals surface area contributed by atoms with Gasteiger partial charge in [-0.1, -0.05) is 0 Å². The predicted molar refractivity (Wildman–Crippen MR) is 57.9 cm³/mol. The summed E-state index contributed by atoms with van der Waals surface area (Å²) >= 11 is 0. The van der Waals surface area contributed by atoms with Gasteiger partial charge in [0.05, 0.1) is 0 Å². The zero-order valence-electron chi connectivity index (χ0n) is 9.01. The van der Waals surface area contributed by atoms with Crippen LogP contribution >= 0.6 is 0 Å². The average molecular weight is 199 g/mol. The minimum absolute atomic E-state index is 0.304. The fourth-order valence-electron chi connectivity index (χ4n) is 1.82. The summed E-state index contributed by atoms with van der Waals surface area (Å²) in [5.41, 5.74) is 0. The van der Waals surface area contributed by atoms with E-state index in [1.54, 1.807) is 7.05 Å². The van der Waals surface area contributed by atoms with Gasteiger partial charge < -0.3 is 10.6 Å². The molecule has 0 aromatic rings. The normalized spacial score (nSPS) is 27.1. The Bertz CT molecular complexity index is 184. The molecule has 0 heterocycles. The van der Waals surface area contributed by atoms with Crippen LogP contribution in [0, 0.1) is 5.41 Å². The SMILES string of the molecule is CN[C@H]1CC[C@H](NC(=N)N(C)N)CC1. The van der Waals surface area contributed by atoms with Crippen molar-refractivity contribution in [3.8, 4) is 0 Å². The highest BCUT2D eigenvalue weighted by molar-refractivity contribution is 5.75. The Balaban J connectivity index is 2.25. The highest BCUT2D eigenvalue weighted by Gasteiger charge is 2.20. The minimum Gasteiger partial charge on any atom is -0.353 e. The first-order valence-electron chi connectivity index (χ1n) is 5.14. The number of nitrogens with one attached hydrogen (secondary N) is 3. The number of guanidine groups is 1. The summed E-state index contributed by atoms with van der Waals surface area (Å²) in [6, 6.07) is 1.07. The molecule has 0 aromatic carbocycles. The Morgan fingerprint density at radius 3 is 2.21 bits per heavy atom. The molecule has 0 saturated heterocycles. The van der Waals surface area contributed by atoms with Gasteiger partial charge in [0, 0.05) is 19.1 Å². The van der Waals surface area contributed by atoms with Gasteiger partial charge in [-0.3, -0.25) is 10.4 Å². The lowest BCUT2D eigenvalue weighted by Gasteiger charge is -2.30. The van der Waals surface area contributed by atoms with Crippen LogP contribution < -0.4 is 16.5 Å². The highest BCUT2D eigenvalue weighted by Crippen LogP contribution is 2.18. The molecule has 1 fully saturated rings. The van der Waals surface area contributed by atoms with E-state index in [4.69, 9.17) is 11.3 Å². The van der Waals surface area contributed by atoms with Crippen molar-refractivity contribution in [3.63, 3.8) is 0 Å². The van der Waals surface area contributed by atoms with Gasteiger partial charge in [-0.2, -0.15) is 0 Å². The molecule has 5 N–H and O–H groups in total. The van der Waals surface area contributed by atoms with Gasteiger partial charge in [0.25, 0.3) is 0 Å². The number of hydrogen-bond donors (Lipinski definition) is 4. The molecule has 82 valence electrons. The van der Waals surface area contributed by atoms with Crippen molar-refractivity contribution in [2.24, 2.45) is 5.84 Å².